The fourth-order valence-electron chi connectivity index (χ4n) is 4.81. The summed E-state index contributed by atoms with van der Waals surface area (Å²) in [5.74, 6) is -0.922. The molecule has 2 fully saturated rings. The molecule has 176 valence electrons. The number of carbonyl (C=O) groups excluding carboxylic acids is 1. The average molecular weight is 430 g/mol. The Kier molecular flexibility index (Phi) is 8.01. The molecule has 7 heteroatoms. The van der Waals surface area contributed by atoms with Gasteiger partial charge in [-0.15, -0.1) is 0 Å². The molecule has 0 aliphatic carbocycles. The summed E-state index contributed by atoms with van der Waals surface area (Å²) in [5, 5.41) is 2.15. The van der Waals surface area contributed by atoms with Crippen molar-refractivity contribution in [1.29, 1.82) is 0 Å². The van der Waals surface area contributed by atoms with E-state index in [0.717, 1.165) is 19.3 Å². The molecule has 0 amide bonds. The van der Waals surface area contributed by atoms with Gasteiger partial charge in [-0.25, -0.2) is 0 Å². The number of carbonyl (C=O) groups is 1. The second-order valence-corrected chi connectivity index (χ2v) is 9.69. The average Bonchev–Trinajstić information content (AvgIpc) is 2.75. The maximum absolute atomic E-state index is 11.4. The summed E-state index contributed by atoms with van der Waals surface area (Å²) in [7, 11) is 1.66. The van der Waals surface area contributed by atoms with Crippen molar-refractivity contribution >= 4 is 5.97 Å². The highest BCUT2D eigenvalue weighted by Gasteiger charge is 2.64. The van der Waals surface area contributed by atoms with Crippen molar-refractivity contribution in [1.82, 2.24) is 5.06 Å². The molecule has 1 spiro atoms. The van der Waals surface area contributed by atoms with Crippen LogP contribution < -0.4 is 0 Å². The minimum absolute atomic E-state index is 0.0577. The van der Waals surface area contributed by atoms with E-state index in [1.54, 1.807) is 7.11 Å². The van der Waals surface area contributed by atoms with Gasteiger partial charge < -0.3 is 18.9 Å². The highest BCUT2D eigenvalue weighted by atomic mass is 16.8. The van der Waals surface area contributed by atoms with Gasteiger partial charge in [0.25, 0.3) is 0 Å². The van der Waals surface area contributed by atoms with Crippen LogP contribution in [0, 0.1) is 11.3 Å². The zero-order chi connectivity index (χ0) is 22.8. The molecule has 2 rings (SSSR count). The van der Waals surface area contributed by atoms with Crippen LogP contribution in [0.1, 0.15) is 81.1 Å². The van der Waals surface area contributed by atoms with Crippen LogP contribution in [0.2, 0.25) is 0 Å². The molecule has 4 unspecified atom stereocenters. The molecule has 0 aromatic rings. The first-order valence-electron chi connectivity index (χ1n) is 11.4. The third-order valence-corrected chi connectivity index (χ3v) is 7.81. The van der Waals surface area contributed by atoms with Crippen LogP contribution >= 0.6 is 0 Å². The van der Waals surface area contributed by atoms with Gasteiger partial charge in [0.2, 0.25) is 0 Å². The van der Waals surface area contributed by atoms with Gasteiger partial charge in [-0.2, -0.15) is 5.06 Å². The molecule has 0 bridgehead atoms. The van der Waals surface area contributed by atoms with Gasteiger partial charge in [-0.3, -0.25) is 9.63 Å². The maximum Gasteiger partial charge on any atom is 0.302 e. The third kappa shape index (κ3) is 4.56. The second kappa shape index (κ2) is 9.41. The lowest BCUT2D eigenvalue weighted by Crippen LogP contribution is -2.74. The minimum Gasteiger partial charge on any atom is -0.465 e. The van der Waals surface area contributed by atoms with Crippen molar-refractivity contribution in [3.8, 4) is 0 Å². The van der Waals surface area contributed by atoms with E-state index < -0.39 is 5.79 Å². The van der Waals surface area contributed by atoms with Gasteiger partial charge in [0, 0.05) is 31.9 Å². The van der Waals surface area contributed by atoms with Crippen molar-refractivity contribution in [3.05, 3.63) is 0 Å². The van der Waals surface area contributed by atoms with Gasteiger partial charge in [-0.1, -0.05) is 27.7 Å². The molecule has 30 heavy (non-hydrogen) atoms. The summed E-state index contributed by atoms with van der Waals surface area (Å²) in [6.07, 6.45) is 2.93. The third-order valence-electron chi connectivity index (χ3n) is 7.81. The predicted octanol–water partition coefficient (Wildman–Crippen LogP) is 4.29. The second-order valence-electron chi connectivity index (χ2n) is 9.69. The predicted molar refractivity (Wildman–Crippen MR) is 115 cm³/mol. The SMILES string of the molecule is CCC1(COC(C)=O)COC2(CC(C)(CC)N(OC(C)OC)C(C)(CC)C2C)OC1. The lowest BCUT2D eigenvalue weighted by Gasteiger charge is -2.64. The maximum atomic E-state index is 11.4. The van der Waals surface area contributed by atoms with Crippen LogP contribution in [-0.4, -0.2) is 61.1 Å². The van der Waals surface area contributed by atoms with Crippen molar-refractivity contribution in [3.63, 3.8) is 0 Å². The van der Waals surface area contributed by atoms with E-state index in [1.807, 2.05) is 6.92 Å². The number of hydrogen-bond acceptors (Lipinski definition) is 7. The number of hydroxylamine groups is 2. The highest BCUT2D eigenvalue weighted by Crippen LogP contribution is 2.54. The summed E-state index contributed by atoms with van der Waals surface area (Å²) in [4.78, 5) is 17.7. The number of piperidine rings is 1. The Morgan fingerprint density at radius 3 is 2.17 bits per heavy atom. The fourth-order valence-corrected chi connectivity index (χ4v) is 4.81. The van der Waals surface area contributed by atoms with E-state index in [2.05, 4.69) is 46.6 Å². The number of ether oxygens (including phenoxy) is 4. The van der Waals surface area contributed by atoms with E-state index in [4.69, 9.17) is 23.8 Å². The lowest BCUT2D eigenvalue weighted by atomic mass is 9.66. The molecule has 4 atom stereocenters. The topological polar surface area (TPSA) is 66.5 Å². The summed E-state index contributed by atoms with van der Waals surface area (Å²) in [5.41, 5.74) is -0.899. The quantitative estimate of drug-likeness (QED) is 0.421. The molecule has 2 aliphatic rings. The zero-order valence-corrected chi connectivity index (χ0v) is 20.5. The van der Waals surface area contributed by atoms with E-state index in [1.165, 1.54) is 6.92 Å². The van der Waals surface area contributed by atoms with E-state index in [-0.39, 0.29) is 34.7 Å². The van der Waals surface area contributed by atoms with Crippen molar-refractivity contribution in [2.24, 2.45) is 11.3 Å². The monoisotopic (exact) mass is 429 g/mol. The van der Waals surface area contributed by atoms with Crippen LogP contribution in [0.25, 0.3) is 0 Å². The van der Waals surface area contributed by atoms with E-state index >= 15 is 0 Å². The molecular weight excluding hydrogens is 386 g/mol. The van der Waals surface area contributed by atoms with E-state index in [9.17, 15) is 4.79 Å². The van der Waals surface area contributed by atoms with Gasteiger partial charge >= 0.3 is 5.97 Å². The number of nitrogens with zero attached hydrogens (tertiary/aromatic N) is 1. The lowest BCUT2D eigenvalue weighted by molar-refractivity contribution is -0.429. The standard InChI is InChI=1S/C23H43NO6/c1-10-20(7)13-23(17(4)21(8,11-2)24(20)30-19(6)26-9)28-15-22(12-3,16-29-23)14-27-18(5)25/h17,19H,10-16H2,1-9H3. The molecule has 2 saturated heterocycles. The zero-order valence-electron chi connectivity index (χ0n) is 20.5. The molecular formula is C23H43NO6. The molecule has 2 aliphatic heterocycles. The molecule has 2 heterocycles. The fraction of sp³-hybridized carbons (Fsp3) is 0.957. The molecule has 7 nitrogen and oxygen atoms in total. The van der Waals surface area contributed by atoms with Gasteiger partial charge in [-0.05, 0) is 40.0 Å². The largest absolute Gasteiger partial charge is 0.465 e. The minimum atomic E-state index is -0.708. The van der Waals surface area contributed by atoms with Crippen molar-refractivity contribution in [2.45, 2.75) is 104 Å². The molecule has 0 aromatic heterocycles. The van der Waals surface area contributed by atoms with Crippen LogP contribution in [0.15, 0.2) is 0 Å². The summed E-state index contributed by atoms with van der Waals surface area (Å²) < 4.78 is 24.0. The summed E-state index contributed by atoms with van der Waals surface area (Å²) in [6, 6.07) is 0. The highest BCUT2D eigenvalue weighted by molar-refractivity contribution is 5.65. The molecule has 0 radical (unpaired) electrons. The Morgan fingerprint density at radius 2 is 1.73 bits per heavy atom. The van der Waals surface area contributed by atoms with E-state index in [0.29, 0.717) is 26.2 Å². The number of hydrogen-bond donors (Lipinski definition) is 0. The Labute approximate surface area is 182 Å². The van der Waals surface area contributed by atoms with Crippen molar-refractivity contribution < 1.29 is 28.6 Å². The Hall–Kier alpha value is -0.730. The Balaban J connectivity index is 2.34. The summed E-state index contributed by atoms with van der Waals surface area (Å²) >= 11 is 0. The molecule has 0 N–H and O–H groups in total. The number of rotatable bonds is 8. The van der Waals surface area contributed by atoms with Crippen LogP contribution in [0.5, 0.6) is 0 Å². The van der Waals surface area contributed by atoms with Crippen LogP contribution in [-0.2, 0) is 28.6 Å². The smallest absolute Gasteiger partial charge is 0.302 e. The summed E-state index contributed by atoms with van der Waals surface area (Å²) in [6.45, 7) is 17.8. The van der Waals surface area contributed by atoms with Crippen LogP contribution in [0.3, 0.4) is 0 Å². The van der Waals surface area contributed by atoms with Gasteiger partial charge in [0.1, 0.15) is 6.61 Å². The first-order chi connectivity index (χ1) is 14.0. The first-order valence-corrected chi connectivity index (χ1v) is 11.4. The molecule has 0 aromatic carbocycles. The number of methoxy groups -OCH3 is 1. The Morgan fingerprint density at radius 1 is 1.13 bits per heavy atom. The van der Waals surface area contributed by atoms with Gasteiger partial charge in [0.05, 0.1) is 24.2 Å². The Bertz CT molecular complexity index is 590. The first kappa shape index (κ1) is 25.5. The van der Waals surface area contributed by atoms with Gasteiger partial charge in [0.15, 0.2) is 12.1 Å². The normalized spacial score (nSPS) is 41.0. The van der Waals surface area contributed by atoms with Crippen LogP contribution in [0.4, 0.5) is 0 Å². The van der Waals surface area contributed by atoms with Crippen molar-refractivity contribution in [2.75, 3.05) is 26.9 Å². The number of esters is 1. The molecule has 0 saturated carbocycles.